The third-order valence-electron chi connectivity index (χ3n) is 4.03. The Kier molecular flexibility index (Phi) is 4.81. The van der Waals surface area contributed by atoms with Gasteiger partial charge in [-0.3, -0.25) is 0 Å². The number of hydrogen-bond donors (Lipinski definition) is 1. The molecule has 1 saturated carbocycles. The van der Waals surface area contributed by atoms with Gasteiger partial charge in [0.25, 0.3) is 0 Å². The predicted octanol–water partition coefficient (Wildman–Crippen LogP) is 2.87. The quantitative estimate of drug-likeness (QED) is 0.853. The van der Waals surface area contributed by atoms with Crippen molar-refractivity contribution in [3.8, 4) is 0 Å². The fraction of sp³-hybridized carbons (Fsp3) is 0.538. The van der Waals surface area contributed by atoms with Crippen LogP contribution in [0.2, 0.25) is 5.02 Å². The summed E-state index contributed by atoms with van der Waals surface area (Å²) in [7, 11) is 0.477. The minimum Gasteiger partial charge on any atom is -0.302 e. The lowest BCUT2D eigenvalue weighted by atomic mass is 9.76. The van der Waals surface area contributed by atoms with Crippen molar-refractivity contribution in [3.63, 3.8) is 0 Å². The van der Waals surface area contributed by atoms with Gasteiger partial charge in [-0.15, -0.1) is 0 Å². The normalized spacial score (nSPS) is 18.1. The number of nitrogens with zero attached hydrogens (tertiary/aromatic N) is 1. The molecule has 0 heterocycles. The molecule has 0 radical (unpaired) electrons. The molecule has 0 spiro atoms. The van der Waals surface area contributed by atoms with Crippen LogP contribution in [0.5, 0.6) is 0 Å². The maximum absolute atomic E-state index is 12.3. The van der Waals surface area contributed by atoms with Crippen LogP contribution in [-0.4, -0.2) is 39.5 Å². The monoisotopic (exact) mass is 380 g/mol. The number of benzene rings is 1. The summed E-state index contributed by atoms with van der Waals surface area (Å²) in [5.74, 6) is 0. The summed E-state index contributed by atoms with van der Waals surface area (Å²) >= 11 is 9.13. The Labute approximate surface area is 133 Å². The summed E-state index contributed by atoms with van der Waals surface area (Å²) < 4.78 is 27.9. The third kappa shape index (κ3) is 3.20. The molecule has 112 valence electrons. The molecule has 0 saturated heterocycles. The summed E-state index contributed by atoms with van der Waals surface area (Å²) in [5, 5.41) is 0.493. The van der Waals surface area contributed by atoms with Gasteiger partial charge in [-0.2, -0.15) is 0 Å². The number of rotatable bonds is 5. The van der Waals surface area contributed by atoms with E-state index in [0.717, 1.165) is 19.3 Å². The van der Waals surface area contributed by atoms with Gasteiger partial charge in [0, 0.05) is 16.6 Å². The van der Waals surface area contributed by atoms with E-state index in [1.165, 1.54) is 12.1 Å². The van der Waals surface area contributed by atoms with Gasteiger partial charge in [0.15, 0.2) is 0 Å². The Morgan fingerprint density at radius 3 is 2.50 bits per heavy atom. The van der Waals surface area contributed by atoms with Gasteiger partial charge in [-0.1, -0.05) is 11.6 Å². The van der Waals surface area contributed by atoms with Crippen molar-refractivity contribution in [1.82, 2.24) is 9.62 Å². The van der Waals surface area contributed by atoms with E-state index < -0.39 is 10.0 Å². The van der Waals surface area contributed by atoms with Crippen molar-refractivity contribution < 1.29 is 8.42 Å². The van der Waals surface area contributed by atoms with E-state index in [9.17, 15) is 8.42 Å². The second-order valence-corrected chi connectivity index (χ2v) is 8.40. The molecule has 1 N–H and O–H groups in total. The second-order valence-electron chi connectivity index (χ2n) is 5.37. The van der Waals surface area contributed by atoms with Crippen LogP contribution in [0.4, 0.5) is 0 Å². The van der Waals surface area contributed by atoms with Crippen molar-refractivity contribution in [2.75, 3.05) is 20.6 Å². The summed E-state index contributed by atoms with van der Waals surface area (Å²) in [6.07, 6.45) is 3.19. The molecule has 1 fully saturated rings. The first-order chi connectivity index (χ1) is 9.27. The van der Waals surface area contributed by atoms with Crippen molar-refractivity contribution in [2.45, 2.75) is 29.7 Å². The molecule has 4 nitrogen and oxygen atoms in total. The Balaban J connectivity index is 2.13. The van der Waals surface area contributed by atoms with Crippen molar-refractivity contribution >= 4 is 37.6 Å². The zero-order chi connectivity index (χ0) is 15.0. The highest BCUT2D eigenvalue weighted by Crippen LogP contribution is 2.35. The van der Waals surface area contributed by atoms with E-state index in [-0.39, 0.29) is 10.4 Å². The molecule has 0 unspecified atom stereocenters. The van der Waals surface area contributed by atoms with Crippen molar-refractivity contribution in [1.29, 1.82) is 0 Å². The molecule has 0 atom stereocenters. The zero-order valence-electron chi connectivity index (χ0n) is 11.5. The first-order valence-electron chi connectivity index (χ1n) is 6.39. The van der Waals surface area contributed by atoms with Gasteiger partial charge < -0.3 is 4.90 Å². The van der Waals surface area contributed by atoms with E-state index in [4.69, 9.17) is 11.6 Å². The van der Waals surface area contributed by atoms with Crippen LogP contribution >= 0.6 is 27.5 Å². The average molecular weight is 382 g/mol. The Morgan fingerprint density at radius 1 is 1.40 bits per heavy atom. The topological polar surface area (TPSA) is 49.4 Å². The van der Waals surface area contributed by atoms with Gasteiger partial charge in [0.05, 0.1) is 9.92 Å². The number of likely N-dealkylation sites (N-methyl/N-ethyl adjacent to an activating group) is 1. The maximum Gasteiger partial charge on any atom is 0.240 e. The minimum absolute atomic E-state index is 0.0449. The molecule has 1 aromatic carbocycles. The molecule has 1 aliphatic rings. The summed E-state index contributed by atoms with van der Waals surface area (Å²) in [4.78, 5) is 2.33. The lowest BCUT2D eigenvalue weighted by molar-refractivity contribution is 0.0657. The summed E-state index contributed by atoms with van der Waals surface area (Å²) in [5.41, 5.74) is -0.0449. The molecule has 1 aliphatic carbocycles. The van der Waals surface area contributed by atoms with E-state index in [2.05, 4.69) is 25.6 Å². The third-order valence-corrected chi connectivity index (χ3v) is 6.64. The van der Waals surface area contributed by atoms with Crippen LogP contribution < -0.4 is 4.72 Å². The Bertz CT molecular complexity index is 600. The van der Waals surface area contributed by atoms with Gasteiger partial charge in [-0.05, 0) is 67.5 Å². The zero-order valence-corrected chi connectivity index (χ0v) is 14.6. The fourth-order valence-electron chi connectivity index (χ4n) is 2.32. The van der Waals surface area contributed by atoms with Crippen LogP contribution in [0.15, 0.2) is 27.6 Å². The molecule has 1 aromatic rings. The lowest BCUT2D eigenvalue weighted by Gasteiger charge is -2.47. The molecule has 0 amide bonds. The molecular formula is C13H18BrClN2O2S. The van der Waals surface area contributed by atoms with E-state index in [1.54, 1.807) is 6.07 Å². The highest BCUT2D eigenvalue weighted by atomic mass is 79.9. The largest absolute Gasteiger partial charge is 0.302 e. The van der Waals surface area contributed by atoms with Crippen molar-refractivity contribution in [2.24, 2.45) is 0 Å². The van der Waals surface area contributed by atoms with Crippen molar-refractivity contribution in [3.05, 3.63) is 27.7 Å². The SMILES string of the molecule is CN(C)C1(CNS(=O)(=O)c2ccc(Cl)c(Br)c2)CCC1. The summed E-state index contributed by atoms with van der Waals surface area (Å²) in [6.45, 7) is 0.433. The number of nitrogens with one attached hydrogen (secondary N) is 1. The smallest absolute Gasteiger partial charge is 0.240 e. The van der Waals surface area contributed by atoms with E-state index in [1.807, 2.05) is 14.1 Å². The first-order valence-corrected chi connectivity index (χ1v) is 9.04. The van der Waals surface area contributed by atoms with Crippen LogP contribution in [0.25, 0.3) is 0 Å². The molecule has 0 aromatic heterocycles. The van der Waals surface area contributed by atoms with E-state index >= 15 is 0 Å². The molecule has 0 bridgehead atoms. The number of sulfonamides is 1. The predicted molar refractivity (Wildman–Crippen MR) is 84.6 cm³/mol. The van der Waals surface area contributed by atoms with E-state index in [0.29, 0.717) is 16.0 Å². The molecular weight excluding hydrogens is 364 g/mol. The van der Waals surface area contributed by atoms with Gasteiger partial charge in [-0.25, -0.2) is 13.1 Å². The number of hydrogen-bond acceptors (Lipinski definition) is 3. The molecule has 7 heteroatoms. The minimum atomic E-state index is -3.51. The van der Waals surface area contributed by atoms with Crippen LogP contribution in [0.1, 0.15) is 19.3 Å². The van der Waals surface area contributed by atoms with Gasteiger partial charge in [0.2, 0.25) is 10.0 Å². The second kappa shape index (κ2) is 5.93. The average Bonchev–Trinajstić information content (AvgIpc) is 2.30. The highest BCUT2D eigenvalue weighted by molar-refractivity contribution is 9.10. The Morgan fingerprint density at radius 2 is 2.05 bits per heavy atom. The highest BCUT2D eigenvalue weighted by Gasteiger charge is 2.39. The maximum atomic E-state index is 12.3. The number of halogens is 2. The molecule has 2 rings (SSSR count). The molecule has 20 heavy (non-hydrogen) atoms. The van der Waals surface area contributed by atoms with Gasteiger partial charge >= 0.3 is 0 Å². The fourth-order valence-corrected chi connectivity index (χ4v) is 4.12. The first kappa shape index (κ1) is 16.2. The van der Waals surface area contributed by atoms with Crippen LogP contribution in [0.3, 0.4) is 0 Å². The summed E-state index contributed by atoms with van der Waals surface area (Å²) in [6, 6.07) is 4.61. The van der Waals surface area contributed by atoms with Crippen LogP contribution in [-0.2, 0) is 10.0 Å². The van der Waals surface area contributed by atoms with Crippen LogP contribution in [0, 0.1) is 0 Å². The standard InChI is InChI=1S/C13H18BrClN2O2S/c1-17(2)13(6-3-7-13)9-16-20(18,19)10-4-5-12(15)11(14)8-10/h4-5,8,16H,3,6-7,9H2,1-2H3. The lowest BCUT2D eigenvalue weighted by Crippen LogP contribution is -2.57. The molecule has 0 aliphatic heterocycles. The van der Waals surface area contributed by atoms with Gasteiger partial charge in [0.1, 0.15) is 0 Å². The Hall–Kier alpha value is -0.140.